The molecule has 6 nitrogen and oxygen atoms in total. The molecule has 0 aliphatic carbocycles. The van der Waals surface area contributed by atoms with E-state index in [2.05, 4.69) is 6.92 Å². The zero-order valence-corrected chi connectivity index (χ0v) is 24.9. The lowest BCUT2D eigenvalue weighted by atomic mass is 9.89. The van der Waals surface area contributed by atoms with Crippen LogP contribution in [0.5, 0.6) is 0 Å². The van der Waals surface area contributed by atoms with Gasteiger partial charge in [0.05, 0.1) is 28.8 Å². The fraction of sp³-hybridized carbons (Fsp3) is 0.759. The normalized spacial score (nSPS) is 15.0. The molecule has 0 fully saturated rings. The first-order chi connectivity index (χ1) is 16.5. The van der Waals surface area contributed by atoms with Gasteiger partial charge in [0.2, 0.25) is 0 Å². The molecule has 208 valence electrons. The SMILES string of the molecule is CCC(C)OCCCC(CS(=O)(=O)C(C)(C)CCOC(C)(C)C)C(=O)C(C)(C)OCc1ccccc1. The highest BCUT2D eigenvalue weighted by molar-refractivity contribution is 7.92. The maximum absolute atomic E-state index is 13.7. The molecular weight excluding hydrogens is 476 g/mol. The molecule has 1 aromatic carbocycles. The lowest BCUT2D eigenvalue weighted by molar-refractivity contribution is -0.145. The van der Waals surface area contributed by atoms with Crippen LogP contribution in [0.4, 0.5) is 0 Å². The number of benzene rings is 1. The Kier molecular flexibility index (Phi) is 12.8. The Morgan fingerprint density at radius 1 is 0.944 bits per heavy atom. The molecule has 0 saturated heterocycles. The van der Waals surface area contributed by atoms with Gasteiger partial charge in [-0.25, -0.2) is 8.42 Å². The minimum absolute atomic E-state index is 0.135. The van der Waals surface area contributed by atoms with Crippen molar-refractivity contribution in [2.24, 2.45) is 5.92 Å². The third kappa shape index (κ3) is 11.4. The molecule has 0 amide bonds. The van der Waals surface area contributed by atoms with Gasteiger partial charge in [0.15, 0.2) is 15.6 Å². The highest BCUT2D eigenvalue weighted by Gasteiger charge is 2.41. The third-order valence-corrected chi connectivity index (χ3v) is 9.31. The van der Waals surface area contributed by atoms with Gasteiger partial charge in [-0.15, -0.1) is 0 Å². The van der Waals surface area contributed by atoms with Gasteiger partial charge in [-0.3, -0.25) is 4.79 Å². The number of ether oxygens (including phenoxy) is 3. The van der Waals surface area contributed by atoms with Crippen molar-refractivity contribution in [1.29, 1.82) is 0 Å². The van der Waals surface area contributed by atoms with Crippen LogP contribution in [-0.2, 0) is 35.4 Å². The molecule has 0 aliphatic heterocycles. The minimum Gasteiger partial charge on any atom is -0.379 e. The molecule has 2 unspecified atom stereocenters. The van der Waals surface area contributed by atoms with E-state index in [1.165, 1.54) is 0 Å². The van der Waals surface area contributed by atoms with Crippen LogP contribution in [0.2, 0.25) is 0 Å². The average molecular weight is 527 g/mol. The molecule has 0 radical (unpaired) electrons. The maximum Gasteiger partial charge on any atom is 0.168 e. The summed E-state index contributed by atoms with van der Waals surface area (Å²) >= 11 is 0. The van der Waals surface area contributed by atoms with Crippen molar-refractivity contribution in [3.63, 3.8) is 0 Å². The van der Waals surface area contributed by atoms with Crippen molar-refractivity contribution < 1.29 is 27.4 Å². The molecule has 0 bridgehead atoms. The van der Waals surface area contributed by atoms with Gasteiger partial charge < -0.3 is 14.2 Å². The van der Waals surface area contributed by atoms with Gasteiger partial charge in [-0.05, 0) is 86.6 Å². The summed E-state index contributed by atoms with van der Waals surface area (Å²) in [7, 11) is -3.60. The van der Waals surface area contributed by atoms with E-state index < -0.39 is 26.1 Å². The van der Waals surface area contributed by atoms with E-state index in [9.17, 15) is 13.2 Å². The summed E-state index contributed by atoms with van der Waals surface area (Å²) in [5, 5.41) is 0. The van der Waals surface area contributed by atoms with Crippen LogP contribution in [-0.4, -0.2) is 55.2 Å². The smallest absolute Gasteiger partial charge is 0.168 e. The Labute approximate surface area is 220 Å². The molecule has 0 spiro atoms. The summed E-state index contributed by atoms with van der Waals surface area (Å²) in [6.45, 7) is 17.9. The number of hydrogen-bond donors (Lipinski definition) is 0. The van der Waals surface area contributed by atoms with Gasteiger partial charge in [-0.1, -0.05) is 37.3 Å². The van der Waals surface area contributed by atoms with Crippen molar-refractivity contribution in [2.75, 3.05) is 19.0 Å². The number of ketones is 1. The number of Topliss-reactive ketones (excluding diaryl/α,β-unsaturated/α-hetero) is 1. The Morgan fingerprint density at radius 3 is 2.11 bits per heavy atom. The van der Waals surface area contributed by atoms with Gasteiger partial charge in [0, 0.05) is 19.1 Å². The summed E-state index contributed by atoms with van der Waals surface area (Å²) in [6, 6.07) is 9.65. The number of sulfone groups is 1. The Morgan fingerprint density at radius 2 is 1.56 bits per heavy atom. The predicted molar refractivity (Wildman–Crippen MR) is 147 cm³/mol. The summed E-state index contributed by atoms with van der Waals surface area (Å²) in [5.41, 5.74) is -0.495. The predicted octanol–water partition coefficient (Wildman–Crippen LogP) is 6.16. The first-order valence-electron chi connectivity index (χ1n) is 13.2. The summed E-state index contributed by atoms with van der Waals surface area (Å²) in [6.07, 6.45) is 2.44. The van der Waals surface area contributed by atoms with Gasteiger partial charge >= 0.3 is 0 Å². The molecule has 36 heavy (non-hydrogen) atoms. The average Bonchev–Trinajstić information content (AvgIpc) is 2.78. The van der Waals surface area contributed by atoms with Crippen LogP contribution >= 0.6 is 0 Å². The topological polar surface area (TPSA) is 78.9 Å². The number of carbonyl (C=O) groups is 1. The first-order valence-corrected chi connectivity index (χ1v) is 14.9. The Balaban J connectivity index is 2.99. The van der Waals surface area contributed by atoms with Crippen molar-refractivity contribution in [1.82, 2.24) is 0 Å². The largest absolute Gasteiger partial charge is 0.379 e. The van der Waals surface area contributed by atoms with Crippen LogP contribution in [0, 0.1) is 5.92 Å². The van der Waals surface area contributed by atoms with E-state index in [0.29, 0.717) is 32.5 Å². The molecule has 0 aromatic heterocycles. The number of carbonyl (C=O) groups excluding carboxylic acids is 1. The number of hydrogen-bond acceptors (Lipinski definition) is 6. The molecule has 2 atom stereocenters. The monoisotopic (exact) mass is 526 g/mol. The lowest BCUT2D eigenvalue weighted by Crippen LogP contribution is -2.45. The number of rotatable bonds is 17. The molecule has 7 heteroatoms. The molecule has 1 rings (SSSR count). The van der Waals surface area contributed by atoms with E-state index in [0.717, 1.165) is 12.0 Å². The maximum atomic E-state index is 13.7. The molecule has 0 heterocycles. The van der Waals surface area contributed by atoms with E-state index in [1.54, 1.807) is 27.7 Å². The van der Waals surface area contributed by atoms with Crippen LogP contribution in [0.1, 0.15) is 93.6 Å². The molecule has 0 N–H and O–H groups in total. The Bertz CT molecular complexity index is 884. The van der Waals surface area contributed by atoms with E-state index in [-0.39, 0.29) is 29.8 Å². The third-order valence-electron chi connectivity index (χ3n) is 6.58. The standard InChI is InChI=1S/C29H50O6S/c1-10-23(2)33-19-14-17-25(22-36(31,32)28(6,7)18-20-34-27(3,4)5)26(30)29(8,9)35-21-24-15-12-11-13-16-24/h11-13,15-16,23,25H,10,14,17-22H2,1-9H3. The van der Waals surface area contributed by atoms with Crippen LogP contribution in [0.3, 0.4) is 0 Å². The second kappa shape index (κ2) is 14.0. The van der Waals surface area contributed by atoms with E-state index in [4.69, 9.17) is 14.2 Å². The van der Waals surface area contributed by atoms with Gasteiger partial charge in [0.1, 0.15) is 5.60 Å². The Hall–Kier alpha value is -1.28. The molecular formula is C29H50O6S. The van der Waals surface area contributed by atoms with E-state index in [1.807, 2.05) is 58.0 Å². The van der Waals surface area contributed by atoms with Gasteiger partial charge in [-0.2, -0.15) is 0 Å². The summed E-state index contributed by atoms with van der Waals surface area (Å²) in [5.74, 6) is -1.08. The van der Waals surface area contributed by atoms with Crippen LogP contribution in [0.15, 0.2) is 30.3 Å². The summed E-state index contributed by atoms with van der Waals surface area (Å²) < 4.78 is 43.7. The van der Waals surface area contributed by atoms with E-state index >= 15 is 0 Å². The van der Waals surface area contributed by atoms with Gasteiger partial charge in [0.25, 0.3) is 0 Å². The van der Waals surface area contributed by atoms with Crippen molar-refractivity contribution >= 4 is 15.6 Å². The first kappa shape index (κ1) is 32.7. The molecule has 0 saturated carbocycles. The highest BCUT2D eigenvalue weighted by atomic mass is 32.2. The quantitative estimate of drug-likeness (QED) is 0.226. The van der Waals surface area contributed by atoms with Crippen molar-refractivity contribution in [3.05, 3.63) is 35.9 Å². The second-order valence-electron chi connectivity index (χ2n) is 11.8. The minimum atomic E-state index is -3.60. The fourth-order valence-corrected chi connectivity index (χ4v) is 5.37. The molecule has 0 aliphatic rings. The highest BCUT2D eigenvalue weighted by Crippen LogP contribution is 2.29. The van der Waals surface area contributed by atoms with Crippen molar-refractivity contribution in [2.45, 2.75) is 117 Å². The fourth-order valence-electron chi connectivity index (χ4n) is 3.67. The van der Waals surface area contributed by atoms with Crippen molar-refractivity contribution in [3.8, 4) is 0 Å². The lowest BCUT2D eigenvalue weighted by Gasteiger charge is -2.32. The van der Waals surface area contributed by atoms with Crippen LogP contribution in [0.25, 0.3) is 0 Å². The van der Waals surface area contributed by atoms with Crippen LogP contribution < -0.4 is 0 Å². The zero-order valence-electron chi connectivity index (χ0n) is 24.1. The summed E-state index contributed by atoms with van der Waals surface area (Å²) in [4.78, 5) is 13.7. The second-order valence-corrected chi connectivity index (χ2v) is 14.5. The zero-order chi connectivity index (χ0) is 27.6. The molecule has 1 aromatic rings.